The minimum absolute atomic E-state index is 0.188. The van der Waals surface area contributed by atoms with E-state index in [1.54, 1.807) is 0 Å². The molecule has 0 radical (unpaired) electrons. The number of fused-ring (bicyclic) bond motifs is 1. The summed E-state index contributed by atoms with van der Waals surface area (Å²) in [4.78, 5) is 4.79. The SMILES string of the molecule is CCOc1c(C)c(N2CCN(c3ccc(F)cc3)CC2)c(C)c2c1OC(C)C2. The first-order valence-corrected chi connectivity index (χ1v) is 10.2. The fraction of sp³-hybridized carbons (Fsp3) is 0.478. The van der Waals surface area contributed by atoms with Gasteiger partial charge in [-0.2, -0.15) is 0 Å². The topological polar surface area (TPSA) is 24.9 Å². The van der Waals surface area contributed by atoms with Crippen LogP contribution < -0.4 is 19.3 Å². The van der Waals surface area contributed by atoms with Crippen molar-refractivity contribution in [3.05, 3.63) is 46.8 Å². The van der Waals surface area contributed by atoms with Crippen molar-refractivity contribution in [2.24, 2.45) is 0 Å². The van der Waals surface area contributed by atoms with E-state index >= 15 is 0 Å². The molecular weight excluding hydrogens is 355 g/mol. The van der Waals surface area contributed by atoms with Crippen LogP contribution in [0.15, 0.2) is 24.3 Å². The van der Waals surface area contributed by atoms with Crippen LogP contribution >= 0.6 is 0 Å². The van der Waals surface area contributed by atoms with Crippen molar-refractivity contribution < 1.29 is 13.9 Å². The highest BCUT2D eigenvalue weighted by molar-refractivity contribution is 5.73. The first-order chi connectivity index (χ1) is 13.5. The number of nitrogens with zero attached hydrogens (tertiary/aromatic N) is 2. The van der Waals surface area contributed by atoms with Crippen LogP contribution in [0.3, 0.4) is 0 Å². The minimum Gasteiger partial charge on any atom is -0.490 e. The Labute approximate surface area is 166 Å². The number of benzene rings is 2. The van der Waals surface area contributed by atoms with E-state index in [0.717, 1.165) is 49.8 Å². The zero-order chi connectivity index (χ0) is 19.8. The van der Waals surface area contributed by atoms with Crippen molar-refractivity contribution in [3.8, 4) is 11.5 Å². The predicted octanol–water partition coefficient (Wildman–Crippen LogP) is 4.49. The molecule has 2 aliphatic rings. The van der Waals surface area contributed by atoms with Gasteiger partial charge < -0.3 is 19.3 Å². The van der Waals surface area contributed by atoms with E-state index in [-0.39, 0.29) is 11.9 Å². The van der Waals surface area contributed by atoms with E-state index in [0.29, 0.717) is 6.61 Å². The fourth-order valence-electron chi connectivity index (χ4n) is 4.54. The summed E-state index contributed by atoms with van der Waals surface area (Å²) in [5.74, 6) is 1.66. The van der Waals surface area contributed by atoms with Gasteiger partial charge in [0.25, 0.3) is 0 Å². The maximum Gasteiger partial charge on any atom is 0.166 e. The van der Waals surface area contributed by atoms with Crippen LogP contribution in [0.2, 0.25) is 0 Å². The number of piperazine rings is 1. The van der Waals surface area contributed by atoms with E-state index in [1.807, 2.05) is 19.1 Å². The van der Waals surface area contributed by atoms with Gasteiger partial charge in [0, 0.05) is 55.1 Å². The standard InChI is InChI=1S/C23H29FN2O2/c1-5-27-22-17(4)21(16(3)20-14-15(2)28-23(20)22)26-12-10-25(11-13-26)19-8-6-18(24)7-9-19/h6-9,15H,5,10-14H2,1-4H3. The summed E-state index contributed by atoms with van der Waals surface area (Å²) in [6.07, 6.45) is 1.13. The second kappa shape index (κ2) is 7.53. The van der Waals surface area contributed by atoms with Crippen molar-refractivity contribution in [1.29, 1.82) is 0 Å². The molecule has 28 heavy (non-hydrogen) atoms. The van der Waals surface area contributed by atoms with Crippen LogP contribution in [0.25, 0.3) is 0 Å². The summed E-state index contributed by atoms with van der Waals surface area (Å²) in [5, 5.41) is 0. The molecule has 0 saturated carbocycles. The Morgan fingerprint density at radius 3 is 2.32 bits per heavy atom. The molecule has 2 aliphatic heterocycles. The summed E-state index contributed by atoms with van der Waals surface area (Å²) >= 11 is 0. The van der Waals surface area contributed by atoms with Crippen molar-refractivity contribution >= 4 is 11.4 Å². The number of hydrogen-bond acceptors (Lipinski definition) is 4. The molecule has 4 rings (SSSR count). The van der Waals surface area contributed by atoms with Crippen LogP contribution in [0.1, 0.15) is 30.5 Å². The molecular formula is C23H29FN2O2. The van der Waals surface area contributed by atoms with Crippen molar-refractivity contribution in [2.45, 2.75) is 40.2 Å². The number of ether oxygens (including phenoxy) is 2. The van der Waals surface area contributed by atoms with Crippen molar-refractivity contribution in [3.63, 3.8) is 0 Å². The molecule has 1 unspecified atom stereocenters. The highest BCUT2D eigenvalue weighted by atomic mass is 19.1. The fourth-order valence-corrected chi connectivity index (χ4v) is 4.54. The van der Waals surface area contributed by atoms with E-state index in [1.165, 1.54) is 34.5 Å². The Morgan fingerprint density at radius 2 is 1.68 bits per heavy atom. The predicted molar refractivity (Wildman–Crippen MR) is 112 cm³/mol. The summed E-state index contributed by atoms with van der Waals surface area (Å²) < 4.78 is 25.3. The molecule has 1 atom stereocenters. The molecule has 1 fully saturated rings. The Bertz CT molecular complexity index is 858. The average molecular weight is 384 g/mol. The maximum atomic E-state index is 13.2. The number of rotatable bonds is 4. The lowest BCUT2D eigenvalue weighted by Gasteiger charge is -2.39. The normalized spacial score (nSPS) is 18.8. The Hall–Kier alpha value is -2.43. The molecule has 4 nitrogen and oxygen atoms in total. The van der Waals surface area contributed by atoms with Gasteiger partial charge >= 0.3 is 0 Å². The monoisotopic (exact) mass is 384 g/mol. The second-order valence-electron chi connectivity index (χ2n) is 7.75. The van der Waals surface area contributed by atoms with Crippen LogP contribution in [0.4, 0.5) is 15.8 Å². The summed E-state index contributed by atoms with van der Waals surface area (Å²) in [5.41, 5.74) is 6.15. The van der Waals surface area contributed by atoms with Crippen LogP contribution in [0.5, 0.6) is 11.5 Å². The van der Waals surface area contributed by atoms with Crippen LogP contribution in [-0.2, 0) is 6.42 Å². The molecule has 1 saturated heterocycles. The molecule has 0 aliphatic carbocycles. The largest absolute Gasteiger partial charge is 0.490 e. The van der Waals surface area contributed by atoms with E-state index in [4.69, 9.17) is 9.47 Å². The summed E-state index contributed by atoms with van der Waals surface area (Å²) in [6, 6.07) is 6.80. The molecule has 2 aromatic rings. The second-order valence-corrected chi connectivity index (χ2v) is 7.75. The van der Waals surface area contributed by atoms with Crippen molar-refractivity contribution in [1.82, 2.24) is 0 Å². The smallest absolute Gasteiger partial charge is 0.166 e. The third kappa shape index (κ3) is 3.27. The van der Waals surface area contributed by atoms with E-state index < -0.39 is 0 Å². The summed E-state index contributed by atoms with van der Waals surface area (Å²) in [7, 11) is 0. The molecule has 5 heteroatoms. The quantitative estimate of drug-likeness (QED) is 0.775. The molecule has 0 spiro atoms. The number of hydrogen-bond donors (Lipinski definition) is 0. The first kappa shape index (κ1) is 18.9. The van der Waals surface area contributed by atoms with Gasteiger partial charge in [-0.15, -0.1) is 0 Å². The summed E-state index contributed by atoms with van der Waals surface area (Å²) in [6.45, 7) is 12.8. The molecule has 0 N–H and O–H groups in total. The lowest BCUT2D eigenvalue weighted by Crippen LogP contribution is -2.47. The Morgan fingerprint density at radius 1 is 1.04 bits per heavy atom. The van der Waals surface area contributed by atoms with Gasteiger partial charge in [-0.3, -0.25) is 0 Å². The lowest BCUT2D eigenvalue weighted by molar-refractivity contribution is 0.236. The van der Waals surface area contributed by atoms with Crippen LogP contribution in [0, 0.1) is 19.7 Å². The molecule has 2 heterocycles. The van der Waals surface area contributed by atoms with Crippen molar-refractivity contribution in [2.75, 3.05) is 42.6 Å². The zero-order valence-electron chi connectivity index (χ0n) is 17.2. The van der Waals surface area contributed by atoms with Gasteiger partial charge in [0.05, 0.1) is 6.61 Å². The van der Waals surface area contributed by atoms with Gasteiger partial charge in [-0.25, -0.2) is 4.39 Å². The highest BCUT2D eigenvalue weighted by Crippen LogP contribution is 2.47. The molecule has 0 aromatic heterocycles. The van der Waals surface area contributed by atoms with E-state index in [2.05, 4.69) is 30.6 Å². The number of anilines is 2. The lowest BCUT2D eigenvalue weighted by atomic mass is 9.96. The Balaban J connectivity index is 1.61. The molecule has 0 bridgehead atoms. The third-order valence-electron chi connectivity index (χ3n) is 5.87. The van der Waals surface area contributed by atoms with E-state index in [9.17, 15) is 4.39 Å². The van der Waals surface area contributed by atoms with Gasteiger partial charge in [0.15, 0.2) is 11.5 Å². The average Bonchev–Trinajstić information content (AvgIpc) is 3.08. The molecule has 150 valence electrons. The third-order valence-corrected chi connectivity index (χ3v) is 5.87. The maximum absolute atomic E-state index is 13.2. The minimum atomic E-state index is -0.188. The number of halogens is 1. The first-order valence-electron chi connectivity index (χ1n) is 10.2. The zero-order valence-corrected chi connectivity index (χ0v) is 17.2. The highest BCUT2D eigenvalue weighted by Gasteiger charge is 2.31. The molecule has 2 aromatic carbocycles. The van der Waals surface area contributed by atoms with Gasteiger partial charge in [-0.1, -0.05) is 0 Å². The van der Waals surface area contributed by atoms with Gasteiger partial charge in [-0.05, 0) is 57.5 Å². The van der Waals surface area contributed by atoms with Gasteiger partial charge in [0.2, 0.25) is 0 Å². The Kier molecular flexibility index (Phi) is 5.09. The molecule has 0 amide bonds. The van der Waals surface area contributed by atoms with Gasteiger partial charge in [0.1, 0.15) is 11.9 Å². The van der Waals surface area contributed by atoms with Crippen LogP contribution in [-0.4, -0.2) is 38.9 Å².